The molecule has 2 heterocycles. The van der Waals surface area contributed by atoms with Gasteiger partial charge in [0, 0.05) is 20.2 Å². The van der Waals surface area contributed by atoms with Crippen molar-refractivity contribution in [1.29, 1.82) is 21.0 Å². The Hall–Kier alpha value is -4.74. The van der Waals surface area contributed by atoms with Crippen LogP contribution < -0.4 is 10.4 Å². The van der Waals surface area contributed by atoms with Gasteiger partial charge in [-0.25, -0.2) is 17.6 Å². The second-order valence-electron chi connectivity index (χ2n) is 12.8. The van der Waals surface area contributed by atoms with Gasteiger partial charge in [-0.05, 0) is 48.9 Å². The molecule has 0 aliphatic rings. The summed E-state index contributed by atoms with van der Waals surface area (Å²) in [6, 6.07) is 18.8. The van der Waals surface area contributed by atoms with Crippen molar-refractivity contribution in [1.82, 2.24) is 0 Å². The molecule has 0 unspecified atom stereocenters. The second-order valence-corrected chi connectivity index (χ2v) is 14.9. The van der Waals surface area contributed by atoms with Gasteiger partial charge < -0.3 is 0 Å². The maximum Gasteiger partial charge on any atom is 0.171 e. The summed E-state index contributed by atoms with van der Waals surface area (Å²) in [7, 11) is 0. The van der Waals surface area contributed by atoms with Crippen LogP contribution in [0.25, 0.3) is 40.7 Å². The minimum absolute atomic E-state index is 1.09. The van der Waals surface area contributed by atoms with E-state index in [-0.39, 0.29) is 0 Å². The third-order valence-electron chi connectivity index (χ3n) is 9.06. The summed E-state index contributed by atoms with van der Waals surface area (Å²) in [6.45, 7) is 4.58. The molecule has 0 amide bonds. The van der Waals surface area contributed by atoms with Crippen LogP contribution in [0, 0.1) is 68.6 Å². The second kappa shape index (κ2) is 19.8. The lowest BCUT2D eigenvalue weighted by Gasteiger charge is -2.03. The molecule has 0 spiro atoms. The maximum absolute atomic E-state index is 13.6. The Morgan fingerprint density at radius 3 is 1.15 bits per heavy atom. The van der Waals surface area contributed by atoms with Crippen molar-refractivity contribution in [3.8, 4) is 24.3 Å². The van der Waals surface area contributed by atoms with Gasteiger partial charge in [-0.3, -0.25) is 0 Å². The molecule has 2 aromatic heterocycles. The highest BCUT2D eigenvalue weighted by atomic mass is 32.1. The summed E-state index contributed by atoms with van der Waals surface area (Å²) < 4.78 is 60.5. The van der Waals surface area contributed by atoms with Crippen LogP contribution in [0.3, 0.4) is 0 Å². The fraction of sp³-hybridized carbons (Fsp3) is 0.381. The molecule has 0 aliphatic heterocycles. The zero-order valence-corrected chi connectivity index (χ0v) is 31.1. The average molecular weight is 741 g/mol. The summed E-state index contributed by atoms with van der Waals surface area (Å²) in [6.07, 6.45) is 19.0. The molecule has 0 aliphatic carbocycles. The number of aryl methyl sites for hydroxylation is 2. The van der Waals surface area contributed by atoms with Crippen molar-refractivity contribution in [3.63, 3.8) is 0 Å². The molecule has 0 saturated carbocycles. The van der Waals surface area contributed by atoms with Crippen molar-refractivity contribution < 1.29 is 17.6 Å². The van der Waals surface area contributed by atoms with Crippen molar-refractivity contribution in [2.24, 2.45) is 0 Å². The summed E-state index contributed by atoms with van der Waals surface area (Å²) >= 11 is 4.02. The maximum atomic E-state index is 13.6. The van der Waals surface area contributed by atoms with E-state index in [4.69, 9.17) is 21.0 Å². The molecule has 4 nitrogen and oxygen atoms in total. The molecule has 0 saturated heterocycles. The Labute approximate surface area is 310 Å². The standard InChI is InChI=1S/C30H40S2.C12F4N4/c1-3-5-7-9-11-13-15-23-17-19-25-27(21-23)31-30-26-20-18-24(22-28(26)32-29(25)30)16-14-12-10-8-6-4-2;13-9-7(5(1-17)2-18)10(14)12(16)8(11(9)15)6(3-19)4-20/h17-22H,3-16H2,1-2H3;. The van der Waals surface area contributed by atoms with E-state index in [2.05, 4.69) is 50.2 Å². The third-order valence-corrected chi connectivity index (χ3v) is 11.6. The number of benzene rings is 3. The molecule has 0 atom stereocenters. The topological polar surface area (TPSA) is 95.2 Å². The number of thiophene rings is 2. The monoisotopic (exact) mass is 740 g/mol. The molecule has 10 heteroatoms. The van der Waals surface area contributed by atoms with E-state index in [0.29, 0.717) is 0 Å². The largest absolute Gasteiger partial charge is 0.203 e. The molecule has 0 bridgehead atoms. The summed E-state index contributed by atoms with van der Waals surface area (Å²) in [5.41, 5.74) is 0.680. The van der Waals surface area contributed by atoms with Crippen molar-refractivity contribution in [3.05, 3.63) is 81.2 Å². The van der Waals surface area contributed by atoms with E-state index in [1.54, 1.807) is 0 Å². The molecule has 0 radical (unpaired) electrons. The molecular weight excluding hydrogens is 701 g/mol. The predicted molar refractivity (Wildman–Crippen MR) is 204 cm³/mol. The van der Waals surface area contributed by atoms with Crippen LogP contribution in [-0.4, -0.2) is 0 Å². The Bertz CT molecular complexity index is 2110. The number of hydrogen-bond acceptors (Lipinski definition) is 6. The van der Waals surface area contributed by atoms with Gasteiger partial charge in [-0.15, -0.1) is 22.7 Å². The van der Waals surface area contributed by atoms with Crippen LogP contribution in [0.15, 0.2) is 36.4 Å². The van der Waals surface area contributed by atoms with Gasteiger partial charge in [-0.2, -0.15) is 21.0 Å². The van der Waals surface area contributed by atoms with Crippen molar-refractivity contribution >= 4 is 63.4 Å². The molecule has 268 valence electrons. The quantitative estimate of drug-likeness (QED) is 0.0643. The lowest BCUT2D eigenvalue weighted by molar-refractivity contribution is 0.434. The van der Waals surface area contributed by atoms with Gasteiger partial charge in [0.1, 0.15) is 35.4 Å². The first-order valence-corrected chi connectivity index (χ1v) is 19.4. The molecule has 3 aromatic carbocycles. The summed E-state index contributed by atoms with van der Waals surface area (Å²) in [4.78, 5) is 0. The van der Waals surface area contributed by atoms with Gasteiger partial charge in [0.05, 0.1) is 19.8 Å². The third kappa shape index (κ3) is 9.37. The van der Waals surface area contributed by atoms with Gasteiger partial charge in [0.2, 0.25) is 0 Å². The first kappa shape index (κ1) is 40.0. The van der Waals surface area contributed by atoms with E-state index in [1.165, 1.54) is 131 Å². The van der Waals surface area contributed by atoms with E-state index in [1.807, 2.05) is 22.7 Å². The smallest absolute Gasteiger partial charge is 0.171 e. The number of nitriles is 4. The highest BCUT2D eigenvalue weighted by Crippen LogP contribution is 2.44. The lowest BCUT2D eigenvalue weighted by Crippen LogP contribution is -2.31. The highest BCUT2D eigenvalue weighted by Gasteiger charge is 2.22. The number of nitrogens with zero attached hydrogens (tertiary/aromatic N) is 4. The molecule has 5 rings (SSSR count). The van der Waals surface area contributed by atoms with Crippen LogP contribution in [0.4, 0.5) is 17.6 Å². The van der Waals surface area contributed by atoms with Crippen LogP contribution in [0.1, 0.15) is 102 Å². The number of halogens is 4. The van der Waals surface area contributed by atoms with Gasteiger partial charge >= 0.3 is 0 Å². The van der Waals surface area contributed by atoms with E-state index in [0.717, 1.165) is 24.3 Å². The SMILES string of the molecule is CCCCCCCCc1ccc2c(c1)sc1c3ccc(CCCCCCCC)cc3sc21.N#CC(C#N)=c1c(F)c(F)c(=C(C#N)C#N)c(F)c1F. The predicted octanol–water partition coefficient (Wildman–Crippen LogP) is 11.7. The van der Waals surface area contributed by atoms with Crippen LogP contribution >= 0.6 is 22.7 Å². The Morgan fingerprint density at radius 1 is 0.500 bits per heavy atom. The highest BCUT2D eigenvalue weighted by molar-refractivity contribution is 7.36. The van der Waals surface area contributed by atoms with E-state index >= 15 is 0 Å². The minimum atomic E-state index is -2.03. The minimum Gasteiger partial charge on any atom is -0.203 e. The molecular formula is C42H40F4N4S2. The lowest BCUT2D eigenvalue weighted by atomic mass is 10.0. The number of fused-ring (bicyclic) bond motifs is 5. The summed E-state index contributed by atoms with van der Waals surface area (Å²) in [5, 5.41) is 33.9. The fourth-order valence-electron chi connectivity index (χ4n) is 6.22. The van der Waals surface area contributed by atoms with Gasteiger partial charge in [-0.1, -0.05) is 102 Å². The number of rotatable bonds is 14. The van der Waals surface area contributed by atoms with Crippen molar-refractivity contribution in [2.45, 2.75) is 104 Å². The van der Waals surface area contributed by atoms with Crippen LogP contribution in [-0.2, 0) is 12.8 Å². The van der Waals surface area contributed by atoms with E-state index in [9.17, 15) is 17.6 Å². The molecule has 0 fully saturated rings. The first-order chi connectivity index (χ1) is 25.2. The van der Waals surface area contributed by atoms with Crippen LogP contribution in [0.2, 0.25) is 0 Å². The van der Waals surface area contributed by atoms with Crippen molar-refractivity contribution in [2.75, 3.05) is 0 Å². The molecule has 52 heavy (non-hydrogen) atoms. The van der Waals surface area contributed by atoms with Gasteiger partial charge in [0.25, 0.3) is 0 Å². The zero-order valence-electron chi connectivity index (χ0n) is 29.5. The Balaban J connectivity index is 0.000000261. The van der Waals surface area contributed by atoms with Gasteiger partial charge in [0.15, 0.2) is 23.3 Å². The first-order valence-electron chi connectivity index (χ1n) is 17.8. The number of hydrogen-bond donors (Lipinski definition) is 0. The normalized spacial score (nSPS) is 10.7. The molecule has 5 aromatic rings. The number of unbranched alkanes of at least 4 members (excludes halogenated alkanes) is 10. The average Bonchev–Trinajstić information content (AvgIpc) is 3.69. The Kier molecular flexibility index (Phi) is 15.2. The fourth-order valence-corrected chi connectivity index (χ4v) is 9.00. The van der Waals surface area contributed by atoms with Crippen LogP contribution in [0.5, 0.6) is 0 Å². The zero-order chi connectivity index (χ0) is 37.6. The Morgan fingerprint density at radius 2 is 0.827 bits per heavy atom. The van der Waals surface area contributed by atoms with E-state index < -0.39 is 44.9 Å². The molecule has 0 N–H and O–H groups in total. The summed E-state index contributed by atoms with van der Waals surface area (Å²) in [5.74, 6) is -8.11.